The van der Waals surface area contributed by atoms with Gasteiger partial charge in [-0.2, -0.15) is 0 Å². The highest BCUT2D eigenvalue weighted by Gasteiger charge is 2.44. The highest BCUT2D eigenvalue weighted by molar-refractivity contribution is 6.36. The van der Waals surface area contributed by atoms with Crippen LogP contribution in [0.2, 0.25) is 0 Å². The lowest BCUT2D eigenvalue weighted by molar-refractivity contribution is -0.147. The molecular weight excluding hydrogens is 178 g/mol. The third-order valence-electron chi connectivity index (χ3n) is 2.85. The van der Waals surface area contributed by atoms with Gasteiger partial charge in [0.1, 0.15) is 0 Å². The van der Waals surface area contributed by atoms with E-state index in [4.69, 9.17) is 0 Å². The third kappa shape index (κ3) is 1.81. The normalized spacial score (nSPS) is 21.1. The van der Waals surface area contributed by atoms with Gasteiger partial charge < -0.3 is 4.90 Å². The van der Waals surface area contributed by atoms with Crippen LogP contribution < -0.4 is 0 Å². The monoisotopic (exact) mass is 195 g/mol. The summed E-state index contributed by atoms with van der Waals surface area (Å²) < 4.78 is 0. The fourth-order valence-electron chi connectivity index (χ4n) is 1.71. The summed E-state index contributed by atoms with van der Waals surface area (Å²) in [6.45, 7) is 3.58. The minimum atomic E-state index is -0.231. The van der Waals surface area contributed by atoms with Crippen molar-refractivity contribution < 1.29 is 9.59 Å². The van der Waals surface area contributed by atoms with Crippen molar-refractivity contribution in [2.45, 2.75) is 51.6 Å². The van der Waals surface area contributed by atoms with Gasteiger partial charge in [-0.25, -0.2) is 0 Å². The first-order chi connectivity index (χ1) is 6.61. The molecule has 0 radical (unpaired) electrons. The van der Waals surface area contributed by atoms with E-state index in [9.17, 15) is 9.59 Å². The fourth-order valence-corrected chi connectivity index (χ4v) is 1.71. The van der Waals surface area contributed by atoms with Crippen LogP contribution in [0.1, 0.15) is 39.5 Å². The molecule has 2 aliphatic rings. The van der Waals surface area contributed by atoms with Gasteiger partial charge in [-0.05, 0) is 25.7 Å². The predicted molar refractivity (Wildman–Crippen MR) is 52.7 cm³/mol. The van der Waals surface area contributed by atoms with Gasteiger partial charge in [0.05, 0.1) is 0 Å². The van der Waals surface area contributed by atoms with Crippen molar-refractivity contribution in [3.05, 3.63) is 0 Å². The largest absolute Gasteiger partial charge is 0.330 e. The maximum absolute atomic E-state index is 11.8. The Balaban J connectivity index is 2.02. The van der Waals surface area contributed by atoms with Gasteiger partial charge in [0, 0.05) is 18.0 Å². The zero-order valence-corrected chi connectivity index (χ0v) is 8.82. The molecule has 2 fully saturated rings. The first-order valence-corrected chi connectivity index (χ1v) is 5.47. The van der Waals surface area contributed by atoms with E-state index in [1.807, 2.05) is 4.90 Å². The molecule has 2 rings (SSSR count). The molecule has 0 saturated heterocycles. The summed E-state index contributed by atoms with van der Waals surface area (Å²) in [7, 11) is 0. The Labute approximate surface area is 84.5 Å². The maximum atomic E-state index is 11.8. The molecule has 0 aromatic carbocycles. The van der Waals surface area contributed by atoms with Gasteiger partial charge in [0.25, 0.3) is 5.91 Å². The molecule has 0 heterocycles. The first kappa shape index (κ1) is 9.69. The number of hydrogen-bond donors (Lipinski definition) is 0. The molecule has 14 heavy (non-hydrogen) atoms. The Bertz CT molecular complexity index is 252. The van der Waals surface area contributed by atoms with Gasteiger partial charge in [-0.15, -0.1) is 0 Å². The SMILES string of the molecule is CC(C)C(=O)C(=O)N(C1CC1)C1CC1. The Morgan fingerprint density at radius 3 is 1.79 bits per heavy atom. The summed E-state index contributed by atoms with van der Waals surface area (Å²) in [5, 5.41) is 0. The number of Topliss-reactive ketones (excluding diaryl/α,β-unsaturated/α-hetero) is 1. The van der Waals surface area contributed by atoms with E-state index in [2.05, 4.69) is 0 Å². The molecule has 3 nitrogen and oxygen atoms in total. The molecule has 0 N–H and O–H groups in total. The number of nitrogens with zero attached hydrogens (tertiary/aromatic N) is 1. The van der Waals surface area contributed by atoms with E-state index in [1.54, 1.807) is 13.8 Å². The second-order valence-electron chi connectivity index (χ2n) is 4.69. The van der Waals surface area contributed by atoms with Crippen molar-refractivity contribution in [1.82, 2.24) is 4.90 Å². The Morgan fingerprint density at radius 2 is 1.50 bits per heavy atom. The van der Waals surface area contributed by atoms with Crippen LogP contribution in [-0.2, 0) is 9.59 Å². The molecule has 0 bridgehead atoms. The molecule has 0 unspecified atom stereocenters. The molecule has 0 atom stereocenters. The summed E-state index contributed by atoms with van der Waals surface area (Å²) in [6, 6.07) is 0.774. The summed E-state index contributed by atoms with van der Waals surface area (Å²) in [6.07, 6.45) is 4.36. The molecule has 1 amide bonds. The summed E-state index contributed by atoms with van der Waals surface area (Å²) in [4.78, 5) is 25.2. The molecular formula is C11H17NO2. The second-order valence-corrected chi connectivity index (χ2v) is 4.69. The maximum Gasteiger partial charge on any atom is 0.290 e. The highest BCUT2D eigenvalue weighted by atomic mass is 16.2. The second kappa shape index (κ2) is 3.37. The minimum Gasteiger partial charge on any atom is -0.330 e. The Kier molecular flexibility index (Phi) is 2.33. The number of amides is 1. The van der Waals surface area contributed by atoms with Crippen LogP contribution in [0.15, 0.2) is 0 Å². The lowest BCUT2D eigenvalue weighted by atomic mass is 10.1. The molecule has 0 spiro atoms. The van der Waals surface area contributed by atoms with Crippen LogP contribution in [0.3, 0.4) is 0 Å². The molecule has 2 saturated carbocycles. The van der Waals surface area contributed by atoms with E-state index in [0.717, 1.165) is 25.7 Å². The zero-order valence-electron chi connectivity index (χ0n) is 8.82. The average molecular weight is 195 g/mol. The van der Waals surface area contributed by atoms with Crippen molar-refractivity contribution in [2.24, 2.45) is 5.92 Å². The van der Waals surface area contributed by atoms with E-state index < -0.39 is 0 Å². The molecule has 0 aromatic heterocycles. The van der Waals surface area contributed by atoms with Crippen molar-refractivity contribution in [1.29, 1.82) is 0 Å². The van der Waals surface area contributed by atoms with Crippen LogP contribution >= 0.6 is 0 Å². The van der Waals surface area contributed by atoms with E-state index >= 15 is 0 Å². The van der Waals surface area contributed by atoms with Crippen LogP contribution in [-0.4, -0.2) is 28.7 Å². The first-order valence-electron chi connectivity index (χ1n) is 5.47. The summed E-state index contributed by atoms with van der Waals surface area (Å²) in [5.74, 6) is -0.615. The lowest BCUT2D eigenvalue weighted by Gasteiger charge is -2.21. The quantitative estimate of drug-likeness (QED) is 0.635. The van der Waals surface area contributed by atoms with Crippen molar-refractivity contribution in [2.75, 3.05) is 0 Å². The molecule has 3 heteroatoms. The smallest absolute Gasteiger partial charge is 0.290 e. The van der Waals surface area contributed by atoms with E-state index in [-0.39, 0.29) is 17.6 Å². The Hall–Kier alpha value is -0.860. The standard InChI is InChI=1S/C11H17NO2/c1-7(2)10(13)11(14)12(8-3-4-8)9-5-6-9/h7-9H,3-6H2,1-2H3. The number of ketones is 1. The van der Waals surface area contributed by atoms with Crippen molar-refractivity contribution in [3.8, 4) is 0 Å². The van der Waals surface area contributed by atoms with Crippen molar-refractivity contribution >= 4 is 11.7 Å². The number of carbonyl (C=O) groups excluding carboxylic acids is 2. The number of carbonyl (C=O) groups is 2. The van der Waals surface area contributed by atoms with Crippen molar-refractivity contribution in [3.63, 3.8) is 0 Å². The van der Waals surface area contributed by atoms with Crippen LogP contribution in [0.25, 0.3) is 0 Å². The highest BCUT2D eigenvalue weighted by Crippen LogP contribution is 2.37. The predicted octanol–water partition coefficient (Wildman–Crippen LogP) is 1.36. The van der Waals surface area contributed by atoms with Crippen LogP contribution in [0.4, 0.5) is 0 Å². The molecule has 78 valence electrons. The molecule has 0 aliphatic heterocycles. The fraction of sp³-hybridized carbons (Fsp3) is 0.818. The Morgan fingerprint density at radius 1 is 1.07 bits per heavy atom. The van der Waals surface area contributed by atoms with Gasteiger partial charge in [0.2, 0.25) is 5.78 Å². The lowest BCUT2D eigenvalue weighted by Crippen LogP contribution is -2.41. The van der Waals surface area contributed by atoms with Gasteiger partial charge in [-0.3, -0.25) is 9.59 Å². The number of hydrogen-bond acceptors (Lipinski definition) is 2. The van der Waals surface area contributed by atoms with Crippen LogP contribution in [0.5, 0.6) is 0 Å². The summed E-state index contributed by atoms with van der Waals surface area (Å²) >= 11 is 0. The molecule has 2 aliphatic carbocycles. The van der Waals surface area contributed by atoms with Gasteiger partial charge in [0.15, 0.2) is 0 Å². The topological polar surface area (TPSA) is 37.4 Å². The van der Waals surface area contributed by atoms with Crippen LogP contribution in [0, 0.1) is 5.92 Å². The molecule has 0 aromatic rings. The minimum absolute atomic E-state index is 0.164. The van der Waals surface area contributed by atoms with Gasteiger partial charge >= 0.3 is 0 Å². The third-order valence-corrected chi connectivity index (χ3v) is 2.85. The van der Waals surface area contributed by atoms with E-state index in [1.165, 1.54) is 0 Å². The zero-order chi connectivity index (χ0) is 10.3. The van der Waals surface area contributed by atoms with Gasteiger partial charge in [-0.1, -0.05) is 13.8 Å². The average Bonchev–Trinajstić information content (AvgIpc) is 2.96. The summed E-state index contributed by atoms with van der Waals surface area (Å²) in [5.41, 5.74) is 0. The van der Waals surface area contributed by atoms with E-state index in [0.29, 0.717) is 12.1 Å². The number of rotatable bonds is 4.